The van der Waals surface area contributed by atoms with E-state index in [-0.39, 0.29) is 5.91 Å². The molecule has 1 aromatic carbocycles. The van der Waals surface area contributed by atoms with E-state index >= 15 is 0 Å². The van der Waals surface area contributed by atoms with Crippen molar-refractivity contribution in [3.8, 4) is 0 Å². The molecule has 122 valence electrons. The number of H-pyrrole nitrogens is 1. The van der Waals surface area contributed by atoms with E-state index in [1.54, 1.807) is 20.0 Å². The number of aryl methyl sites for hydroxylation is 1. The van der Waals surface area contributed by atoms with Crippen molar-refractivity contribution in [2.24, 2.45) is 0 Å². The molecule has 3 aromatic rings. The van der Waals surface area contributed by atoms with Gasteiger partial charge in [-0.2, -0.15) is 0 Å². The second-order valence-electron chi connectivity index (χ2n) is 5.49. The van der Waals surface area contributed by atoms with Crippen LogP contribution in [-0.4, -0.2) is 29.0 Å². The van der Waals surface area contributed by atoms with Crippen LogP contribution in [0.4, 0.5) is 5.69 Å². The number of hydrogen-bond acceptors (Lipinski definition) is 4. The Labute approximate surface area is 138 Å². The summed E-state index contributed by atoms with van der Waals surface area (Å²) in [6.45, 7) is 3.44. The molecule has 2 heterocycles. The summed E-state index contributed by atoms with van der Waals surface area (Å²) in [6.07, 6.45) is 1.60. The summed E-state index contributed by atoms with van der Waals surface area (Å²) in [5.41, 5.74) is 3.33. The lowest BCUT2D eigenvalue weighted by molar-refractivity contribution is 0.0599. The molecule has 0 saturated carbocycles. The van der Waals surface area contributed by atoms with Crippen molar-refractivity contribution in [2.75, 3.05) is 12.4 Å². The van der Waals surface area contributed by atoms with Gasteiger partial charge in [0.05, 0.1) is 30.1 Å². The van der Waals surface area contributed by atoms with E-state index in [4.69, 9.17) is 4.74 Å². The van der Waals surface area contributed by atoms with E-state index in [0.717, 1.165) is 10.9 Å². The minimum Gasteiger partial charge on any atom is -0.465 e. The SMILES string of the molecule is COC(=O)c1c(C)[nH]c(C(=O)Nc2cnc3ccccc3c2)c1C. The average molecular weight is 323 g/mol. The summed E-state index contributed by atoms with van der Waals surface area (Å²) >= 11 is 0. The van der Waals surface area contributed by atoms with Gasteiger partial charge in [0.15, 0.2) is 0 Å². The molecule has 0 bridgehead atoms. The summed E-state index contributed by atoms with van der Waals surface area (Å²) in [7, 11) is 1.31. The molecule has 3 rings (SSSR count). The number of nitrogens with one attached hydrogen (secondary N) is 2. The summed E-state index contributed by atoms with van der Waals surface area (Å²) < 4.78 is 4.76. The number of carbonyl (C=O) groups is 2. The average Bonchev–Trinajstić information content (AvgIpc) is 2.88. The van der Waals surface area contributed by atoms with Crippen molar-refractivity contribution in [2.45, 2.75) is 13.8 Å². The van der Waals surface area contributed by atoms with Crippen LogP contribution in [0.2, 0.25) is 0 Å². The molecule has 2 aromatic heterocycles. The lowest BCUT2D eigenvalue weighted by Gasteiger charge is -2.06. The van der Waals surface area contributed by atoms with Crippen molar-refractivity contribution >= 4 is 28.5 Å². The van der Waals surface area contributed by atoms with Crippen molar-refractivity contribution in [1.29, 1.82) is 0 Å². The van der Waals surface area contributed by atoms with Crippen LogP contribution < -0.4 is 5.32 Å². The molecule has 0 aliphatic rings. The van der Waals surface area contributed by atoms with Gasteiger partial charge in [0.25, 0.3) is 5.91 Å². The second kappa shape index (κ2) is 6.16. The third-order valence-corrected chi connectivity index (χ3v) is 3.90. The maximum Gasteiger partial charge on any atom is 0.339 e. The number of carbonyl (C=O) groups excluding carboxylic acids is 2. The van der Waals surface area contributed by atoms with Gasteiger partial charge in [-0.1, -0.05) is 18.2 Å². The Balaban J connectivity index is 1.90. The van der Waals surface area contributed by atoms with Crippen LogP contribution in [-0.2, 0) is 4.74 Å². The number of nitrogens with zero attached hydrogens (tertiary/aromatic N) is 1. The fraction of sp³-hybridized carbons (Fsp3) is 0.167. The zero-order valence-electron chi connectivity index (χ0n) is 13.6. The number of anilines is 1. The quantitative estimate of drug-likeness (QED) is 0.725. The third kappa shape index (κ3) is 2.74. The van der Waals surface area contributed by atoms with Crippen LogP contribution in [0.1, 0.15) is 32.1 Å². The molecule has 0 radical (unpaired) electrons. The first kappa shape index (κ1) is 15.7. The van der Waals surface area contributed by atoms with E-state index in [1.165, 1.54) is 7.11 Å². The fourth-order valence-corrected chi connectivity index (χ4v) is 2.72. The largest absolute Gasteiger partial charge is 0.465 e. The Morgan fingerprint density at radius 3 is 2.71 bits per heavy atom. The van der Waals surface area contributed by atoms with Gasteiger partial charge in [0.2, 0.25) is 0 Å². The molecular weight excluding hydrogens is 306 g/mol. The van der Waals surface area contributed by atoms with Gasteiger partial charge in [0, 0.05) is 11.1 Å². The zero-order valence-corrected chi connectivity index (χ0v) is 13.6. The molecule has 0 fully saturated rings. The predicted octanol–water partition coefficient (Wildman–Crippen LogP) is 3.22. The number of aromatic amines is 1. The second-order valence-corrected chi connectivity index (χ2v) is 5.49. The van der Waals surface area contributed by atoms with Crippen LogP contribution >= 0.6 is 0 Å². The van der Waals surface area contributed by atoms with E-state index in [2.05, 4.69) is 15.3 Å². The van der Waals surface area contributed by atoms with Crippen molar-refractivity contribution < 1.29 is 14.3 Å². The maximum atomic E-state index is 12.5. The molecule has 2 N–H and O–H groups in total. The van der Waals surface area contributed by atoms with E-state index in [9.17, 15) is 9.59 Å². The summed E-state index contributed by atoms with van der Waals surface area (Å²) in [5.74, 6) is -0.796. The number of rotatable bonds is 3. The molecular formula is C18H17N3O3. The molecule has 24 heavy (non-hydrogen) atoms. The summed E-state index contributed by atoms with van der Waals surface area (Å²) in [4.78, 5) is 31.6. The highest BCUT2D eigenvalue weighted by atomic mass is 16.5. The number of amides is 1. The Hall–Kier alpha value is -3.15. The van der Waals surface area contributed by atoms with E-state index in [0.29, 0.717) is 28.2 Å². The number of benzene rings is 1. The smallest absolute Gasteiger partial charge is 0.339 e. The minimum absolute atomic E-state index is 0.331. The number of pyridine rings is 1. The van der Waals surface area contributed by atoms with Crippen LogP contribution in [0.25, 0.3) is 10.9 Å². The molecule has 0 atom stereocenters. The molecule has 0 spiro atoms. The topological polar surface area (TPSA) is 84.1 Å². The molecule has 0 aliphatic heterocycles. The molecule has 0 unspecified atom stereocenters. The predicted molar refractivity (Wildman–Crippen MR) is 91.3 cm³/mol. The molecule has 1 amide bonds. The van der Waals surface area contributed by atoms with Gasteiger partial charge in [0.1, 0.15) is 5.69 Å². The van der Waals surface area contributed by atoms with Gasteiger partial charge in [-0.15, -0.1) is 0 Å². The number of aromatic nitrogens is 2. The van der Waals surface area contributed by atoms with E-state index in [1.807, 2.05) is 30.3 Å². The number of fused-ring (bicyclic) bond motifs is 1. The van der Waals surface area contributed by atoms with Gasteiger partial charge < -0.3 is 15.0 Å². The lowest BCUT2D eigenvalue weighted by atomic mass is 10.1. The first-order valence-electron chi connectivity index (χ1n) is 7.45. The van der Waals surface area contributed by atoms with Gasteiger partial charge >= 0.3 is 5.97 Å². The van der Waals surface area contributed by atoms with Crippen LogP contribution in [0.3, 0.4) is 0 Å². The molecule has 0 aliphatic carbocycles. The van der Waals surface area contributed by atoms with E-state index < -0.39 is 5.97 Å². The number of ether oxygens (including phenoxy) is 1. The Morgan fingerprint density at radius 2 is 1.96 bits per heavy atom. The third-order valence-electron chi connectivity index (χ3n) is 3.90. The van der Waals surface area contributed by atoms with Crippen molar-refractivity contribution in [1.82, 2.24) is 9.97 Å². The Morgan fingerprint density at radius 1 is 1.21 bits per heavy atom. The van der Waals surface area contributed by atoms with Gasteiger partial charge in [-0.05, 0) is 31.5 Å². The minimum atomic E-state index is -0.465. The van der Waals surface area contributed by atoms with Crippen molar-refractivity contribution in [3.63, 3.8) is 0 Å². The molecule has 6 heteroatoms. The van der Waals surface area contributed by atoms with Crippen LogP contribution in [0.5, 0.6) is 0 Å². The van der Waals surface area contributed by atoms with Crippen LogP contribution in [0.15, 0.2) is 36.5 Å². The number of para-hydroxylation sites is 1. The Bertz CT molecular complexity index is 944. The monoisotopic (exact) mass is 323 g/mol. The first-order valence-corrected chi connectivity index (χ1v) is 7.45. The highest BCUT2D eigenvalue weighted by molar-refractivity contribution is 6.07. The zero-order chi connectivity index (χ0) is 17.3. The number of esters is 1. The molecule has 6 nitrogen and oxygen atoms in total. The number of hydrogen-bond donors (Lipinski definition) is 2. The first-order chi connectivity index (χ1) is 11.5. The Kier molecular flexibility index (Phi) is 4.04. The summed E-state index contributed by atoms with van der Waals surface area (Å²) in [5, 5.41) is 3.74. The lowest BCUT2D eigenvalue weighted by Crippen LogP contribution is -2.14. The standard InChI is InChI=1S/C18H17N3O3/c1-10-15(18(23)24-3)11(2)20-16(10)17(22)21-13-8-12-6-4-5-7-14(12)19-9-13/h4-9,20H,1-3H3,(H,21,22). The maximum absolute atomic E-state index is 12.5. The van der Waals surface area contributed by atoms with Crippen molar-refractivity contribution in [3.05, 3.63) is 59.0 Å². The molecule has 0 saturated heterocycles. The highest BCUT2D eigenvalue weighted by Crippen LogP contribution is 2.21. The summed E-state index contributed by atoms with van der Waals surface area (Å²) in [6, 6.07) is 9.51. The van der Waals surface area contributed by atoms with Gasteiger partial charge in [-0.25, -0.2) is 4.79 Å². The highest BCUT2D eigenvalue weighted by Gasteiger charge is 2.22. The van der Waals surface area contributed by atoms with Gasteiger partial charge in [-0.3, -0.25) is 9.78 Å². The number of methoxy groups -OCH3 is 1. The normalized spacial score (nSPS) is 10.6. The fourth-order valence-electron chi connectivity index (χ4n) is 2.72. The van der Waals surface area contributed by atoms with Crippen LogP contribution in [0, 0.1) is 13.8 Å².